The van der Waals surface area contributed by atoms with Gasteiger partial charge in [-0.15, -0.1) is 0 Å². The van der Waals surface area contributed by atoms with E-state index in [0.29, 0.717) is 12.0 Å². The molecule has 0 spiro atoms. The molecular formula is C21H19F3N2O. The Bertz CT molecular complexity index is 849. The van der Waals surface area contributed by atoms with Gasteiger partial charge in [0.25, 0.3) is 0 Å². The van der Waals surface area contributed by atoms with Crippen LogP contribution in [0.3, 0.4) is 0 Å². The number of benzene rings is 2. The van der Waals surface area contributed by atoms with E-state index in [-0.39, 0.29) is 30.5 Å². The maximum atomic E-state index is 13.2. The molecule has 27 heavy (non-hydrogen) atoms. The first kappa shape index (κ1) is 19.0. The van der Waals surface area contributed by atoms with Gasteiger partial charge in [-0.2, -0.15) is 18.4 Å². The van der Waals surface area contributed by atoms with Gasteiger partial charge in [-0.05, 0) is 48.6 Å². The number of carbonyl (C=O) groups excluding carboxylic acids is 1. The number of amides is 1. The fourth-order valence-corrected chi connectivity index (χ4v) is 3.07. The summed E-state index contributed by atoms with van der Waals surface area (Å²) in [5.74, 6) is -0.140. The van der Waals surface area contributed by atoms with Gasteiger partial charge in [0, 0.05) is 19.0 Å². The minimum absolute atomic E-state index is 0.0213. The van der Waals surface area contributed by atoms with E-state index < -0.39 is 11.7 Å². The molecule has 6 heteroatoms. The lowest BCUT2D eigenvalue weighted by atomic mass is 10.0. The number of carbonyl (C=O) groups is 1. The third-order valence-electron chi connectivity index (χ3n) is 4.68. The molecule has 0 heterocycles. The lowest BCUT2D eigenvalue weighted by Gasteiger charge is -2.24. The first-order chi connectivity index (χ1) is 12.9. The Kier molecular flexibility index (Phi) is 5.50. The number of hydrogen-bond donors (Lipinski definition) is 0. The molecule has 1 fully saturated rings. The molecule has 0 bridgehead atoms. The topological polar surface area (TPSA) is 44.1 Å². The SMILES string of the molecule is N#Cc1ccc(CCC(=O)N(Cc2ccccc2C(F)(F)F)C2CC2)cc1. The van der Waals surface area contributed by atoms with Crippen LogP contribution in [0.25, 0.3) is 0 Å². The van der Waals surface area contributed by atoms with E-state index in [1.807, 2.05) is 6.07 Å². The van der Waals surface area contributed by atoms with E-state index in [0.717, 1.165) is 24.5 Å². The van der Waals surface area contributed by atoms with Crippen molar-refractivity contribution < 1.29 is 18.0 Å². The van der Waals surface area contributed by atoms with Crippen LogP contribution < -0.4 is 0 Å². The van der Waals surface area contributed by atoms with Gasteiger partial charge < -0.3 is 4.90 Å². The molecule has 1 amide bonds. The summed E-state index contributed by atoms with van der Waals surface area (Å²) in [5.41, 5.74) is 0.918. The van der Waals surface area contributed by atoms with Gasteiger partial charge in [0.15, 0.2) is 0 Å². The zero-order valence-electron chi connectivity index (χ0n) is 14.7. The van der Waals surface area contributed by atoms with Crippen LogP contribution in [-0.2, 0) is 23.9 Å². The molecule has 1 saturated carbocycles. The van der Waals surface area contributed by atoms with Gasteiger partial charge in [-0.1, -0.05) is 30.3 Å². The van der Waals surface area contributed by atoms with Gasteiger partial charge in [0.1, 0.15) is 0 Å². The van der Waals surface area contributed by atoms with E-state index >= 15 is 0 Å². The highest BCUT2D eigenvalue weighted by Crippen LogP contribution is 2.35. The molecule has 0 aliphatic heterocycles. The molecule has 0 radical (unpaired) electrons. The van der Waals surface area contributed by atoms with Gasteiger partial charge >= 0.3 is 6.18 Å². The number of nitrogens with zero attached hydrogens (tertiary/aromatic N) is 2. The molecule has 1 aliphatic carbocycles. The summed E-state index contributed by atoms with van der Waals surface area (Å²) in [5, 5.41) is 8.82. The van der Waals surface area contributed by atoms with Crippen molar-refractivity contribution in [3.05, 3.63) is 70.8 Å². The van der Waals surface area contributed by atoms with E-state index in [1.165, 1.54) is 12.1 Å². The molecular weight excluding hydrogens is 353 g/mol. The number of nitriles is 1. The molecule has 0 unspecified atom stereocenters. The average Bonchev–Trinajstić information content (AvgIpc) is 3.49. The fourth-order valence-electron chi connectivity index (χ4n) is 3.07. The third-order valence-corrected chi connectivity index (χ3v) is 4.68. The van der Waals surface area contributed by atoms with E-state index in [9.17, 15) is 18.0 Å². The van der Waals surface area contributed by atoms with Crippen molar-refractivity contribution >= 4 is 5.91 Å². The van der Waals surface area contributed by atoms with Gasteiger partial charge in [-0.3, -0.25) is 4.79 Å². The zero-order chi connectivity index (χ0) is 19.4. The monoisotopic (exact) mass is 372 g/mol. The van der Waals surface area contributed by atoms with Gasteiger partial charge in [0.2, 0.25) is 5.91 Å². The van der Waals surface area contributed by atoms with Crippen molar-refractivity contribution in [2.75, 3.05) is 0 Å². The number of halogens is 3. The summed E-state index contributed by atoms with van der Waals surface area (Å²) < 4.78 is 39.7. The summed E-state index contributed by atoms with van der Waals surface area (Å²) in [6.07, 6.45) is -2.05. The molecule has 2 aromatic rings. The molecule has 3 rings (SSSR count). The quantitative estimate of drug-likeness (QED) is 0.738. The maximum Gasteiger partial charge on any atom is 0.416 e. The molecule has 3 nitrogen and oxygen atoms in total. The van der Waals surface area contributed by atoms with Crippen molar-refractivity contribution in [2.45, 2.75) is 44.4 Å². The van der Waals surface area contributed by atoms with Crippen LogP contribution in [0, 0.1) is 11.3 Å². The zero-order valence-corrected chi connectivity index (χ0v) is 14.7. The third kappa shape index (κ3) is 4.88. The average molecular weight is 372 g/mol. The molecule has 0 aromatic heterocycles. The summed E-state index contributed by atoms with van der Waals surface area (Å²) in [4.78, 5) is 14.3. The van der Waals surface area contributed by atoms with Crippen LogP contribution in [0.1, 0.15) is 41.5 Å². The molecule has 0 N–H and O–H groups in total. The first-order valence-corrected chi connectivity index (χ1v) is 8.82. The first-order valence-electron chi connectivity index (χ1n) is 8.82. The summed E-state index contributed by atoms with van der Waals surface area (Å²) >= 11 is 0. The number of alkyl halides is 3. The minimum Gasteiger partial charge on any atom is -0.335 e. The summed E-state index contributed by atoms with van der Waals surface area (Å²) in [7, 11) is 0. The summed E-state index contributed by atoms with van der Waals surface area (Å²) in [6.45, 7) is -0.0213. The van der Waals surface area contributed by atoms with E-state index in [1.54, 1.807) is 35.2 Å². The molecule has 1 aliphatic rings. The molecule has 0 saturated heterocycles. The second-order valence-electron chi connectivity index (χ2n) is 6.72. The Morgan fingerprint density at radius 3 is 2.37 bits per heavy atom. The van der Waals surface area contributed by atoms with Crippen LogP contribution in [0.5, 0.6) is 0 Å². The van der Waals surface area contributed by atoms with Crippen molar-refractivity contribution in [2.24, 2.45) is 0 Å². The summed E-state index contributed by atoms with van der Waals surface area (Å²) in [6, 6.07) is 14.5. The van der Waals surface area contributed by atoms with Gasteiger partial charge in [0.05, 0.1) is 17.2 Å². The Hall–Kier alpha value is -2.81. The van der Waals surface area contributed by atoms with E-state index in [4.69, 9.17) is 5.26 Å². The Labute approximate surface area is 156 Å². The largest absolute Gasteiger partial charge is 0.416 e. The van der Waals surface area contributed by atoms with Crippen LogP contribution in [0.15, 0.2) is 48.5 Å². The second kappa shape index (κ2) is 7.83. The number of hydrogen-bond acceptors (Lipinski definition) is 2. The number of rotatable bonds is 6. The van der Waals surface area contributed by atoms with Crippen LogP contribution in [0.4, 0.5) is 13.2 Å². The smallest absolute Gasteiger partial charge is 0.335 e. The predicted molar refractivity (Wildman–Crippen MR) is 94.5 cm³/mol. The highest BCUT2D eigenvalue weighted by Gasteiger charge is 2.36. The Balaban J connectivity index is 1.69. The van der Waals surface area contributed by atoms with Crippen LogP contribution in [0.2, 0.25) is 0 Å². The number of aryl methyl sites for hydroxylation is 1. The molecule has 2 aromatic carbocycles. The second-order valence-corrected chi connectivity index (χ2v) is 6.72. The van der Waals surface area contributed by atoms with Crippen LogP contribution in [-0.4, -0.2) is 16.8 Å². The fraction of sp³-hybridized carbons (Fsp3) is 0.333. The van der Waals surface area contributed by atoms with Gasteiger partial charge in [-0.25, -0.2) is 0 Å². The predicted octanol–water partition coefficient (Wildman–Crippen LogP) is 4.70. The van der Waals surface area contributed by atoms with Crippen LogP contribution >= 0.6 is 0 Å². The Morgan fingerprint density at radius 2 is 1.78 bits per heavy atom. The normalized spacial score (nSPS) is 13.9. The molecule has 140 valence electrons. The highest BCUT2D eigenvalue weighted by molar-refractivity contribution is 5.77. The van der Waals surface area contributed by atoms with Crippen molar-refractivity contribution in [1.82, 2.24) is 4.90 Å². The van der Waals surface area contributed by atoms with E-state index in [2.05, 4.69) is 0 Å². The lowest BCUT2D eigenvalue weighted by Crippen LogP contribution is -2.33. The van der Waals surface area contributed by atoms with Crippen molar-refractivity contribution in [3.63, 3.8) is 0 Å². The maximum absolute atomic E-state index is 13.2. The Morgan fingerprint density at radius 1 is 1.11 bits per heavy atom. The minimum atomic E-state index is -4.43. The highest BCUT2D eigenvalue weighted by atomic mass is 19.4. The van der Waals surface area contributed by atoms with Crippen molar-refractivity contribution in [3.8, 4) is 6.07 Å². The lowest BCUT2D eigenvalue weighted by molar-refractivity contribution is -0.140. The van der Waals surface area contributed by atoms with Crippen molar-refractivity contribution in [1.29, 1.82) is 5.26 Å². The molecule has 0 atom stereocenters. The standard InChI is InChI=1S/C21H19F3N2O/c22-21(23,24)19-4-2-1-3-17(19)14-26(18-10-11-18)20(27)12-9-15-5-7-16(13-25)8-6-15/h1-8,18H,9-12,14H2.